The van der Waals surface area contributed by atoms with Crippen LogP contribution in [0, 0.1) is 17.2 Å². The van der Waals surface area contributed by atoms with Gasteiger partial charge in [-0.15, -0.1) is 0 Å². The summed E-state index contributed by atoms with van der Waals surface area (Å²) >= 11 is 0. The minimum Gasteiger partial charge on any atom is -0.382 e. The molecular weight excluding hydrogens is 402 g/mol. The van der Waals surface area contributed by atoms with Gasteiger partial charge in [-0.25, -0.2) is 9.50 Å². The summed E-state index contributed by atoms with van der Waals surface area (Å²) in [6, 6.07) is 5.87. The Morgan fingerprint density at radius 2 is 2.13 bits per heavy atom. The largest absolute Gasteiger partial charge is 0.382 e. The summed E-state index contributed by atoms with van der Waals surface area (Å²) in [5, 5.41) is 14.6. The molecule has 3 fully saturated rings. The fraction of sp³-hybridized carbons (Fsp3) is 0.667. The first-order chi connectivity index (χ1) is 14.8. The number of nitrogens with zero attached hydrogens (tertiary/aromatic N) is 4. The summed E-state index contributed by atoms with van der Waals surface area (Å²) in [6.45, 7) is 6.71. The number of nitrogens with two attached hydrogens (primary N) is 1. The number of anilines is 1. The van der Waals surface area contributed by atoms with E-state index in [4.69, 9.17) is 29.4 Å². The summed E-state index contributed by atoms with van der Waals surface area (Å²) in [4.78, 5) is 4.02. The molecule has 31 heavy (non-hydrogen) atoms. The lowest BCUT2D eigenvalue weighted by atomic mass is 9.92. The van der Waals surface area contributed by atoms with Gasteiger partial charge in [-0.3, -0.25) is 0 Å². The molecule has 0 amide bonds. The molecule has 3 saturated heterocycles. The zero-order chi connectivity index (χ0) is 21.8. The maximum absolute atomic E-state index is 10.3. The molecule has 166 valence electrons. The second-order valence-corrected chi connectivity index (χ2v) is 8.96. The van der Waals surface area contributed by atoms with Crippen LogP contribution in [0.1, 0.15) is 39.3 Å². The van der Waals surface area contributed by atoms with E-state index in [0.29, 0.717) is 29.6 Å². The first-order valence-electron chi connectivity index (χ1n) is 10.6. The van der Waals surface area contributed by atoms with E-state index in [0.717, 1.165) is 12.8 Å². The van der Waals surface area contributed by atoms with Crippen LogP contribution in [0.15, 0.2) is 18.5 Å². The number of hydrogen-bond donors (Lipinski definition) is 1. The molecule has 5 rings (SSSR count). The predicted octanol–water partition coefficient (Wildman–Crippen LogP) is 1.74. The Bertz CT molecular complexity index is 1010. The fourth-order valence-electron chi connectivity index (χ4n) is 4.66. The Kier molecular flexibility index (Phi) is 4.91. The molecule has 0 bridgehead atoms. The second kappa shape index (κ2) is 7.39. The van der Waals surface area contributed by atoms with Gasteiger partial charge in [-0.2, -0.15) is 10.4 Å². The van der Waals surface area contributed by atoms with Crippen molar-refractivity contribution < 1.29 is 23.7 Å². The second-order valence-electron chi connectivity index (χ2n) is 8.96. The zero-order valence-electron chi connectivity index (χ0n) is 17.9. The van der Waals surface area contributed by atoms with Crippen LogP contribution in [0.25, 0.3) is 5.52 Å². The number of aromatic nitrogens is 3. The van der Waals surface area contributed by atoms with Crippen molar-refractivity contribution in [2.24, 2.45) is 5.92 Å². The third-order valence-corrected chi connectivity index (χ3v) is 6.17. The third kappa shape index (κ3) is 3.37. The average Bonchev–Trinajstić information content (AvgIpc) is 3.39. The number of ether oxygens (including phenoxy) is 5. The number of fused-ring (bicyclic) bond motifs is 2. The van der Waals surface area contributed by atoms with Crippen LogP contribution in [0.5, 0.6) is 0 Å². The highest BCUT2D eigenvalue weighted by Gasteiger charge is 2.65. The monoisotopic (exact) mass is 429 g/mol. The minimum atomic E-state index is -1.44. The van der Waals surface area contributed by atoms with E-state index in [2.05, 4.69) is 23.1 Å². The van der Waals surface area contributed by atoms with Gasteiger partial charge in [-0.05, 0) is 44.7 Å². The molecule has 10 nitrogen and oxygen atoms in total. The Balaban J connectivity index is 1.46. The molecule has 0 aliphatic carbocycles. The quantitative estimate of drug-likeness (QED) is 0.773. The standard InChI is InChI=1S/C21H27N5O5/c1-12-4-7-16(27-8-12)28-9-14-17-18(31-20(2,3)30-17)21(10-22,29-14)15-6-5-13-19(23)24-11-25-26(13)15/h5-6,11-12,14,16-18H,4,7-9H2,1-3H3,(H2,23,24,25)/t12-,14-,16?,17-,18-,21?/m1/s1. The summed E-state index contributed by atoms with van der Waals surface area (Å²) in [5.74, 6) is -0.0175. The highest BCUT2D eigenvalue weighted by Crippen LogP contribution is 2.49. The number of hydrogen-bond acceptors (Lipinski definition) is 9. The number of rotatable bonds is 4. The van der Waals surface area contributed by atoms with Crippen molar-refractivity contribution in [1.29, 1.82) is 5.26 Å². The molecule has 3 aliphatic heterocycles. The topological polar surface area (TPSA) is 126 Å². The third-order valence-electron chi connectivity index (χ3n) is 6.17. The lowest BCUT2D eigenvalue weighted by Gasteiger charge is -2.30. The minimum absolute atomic E-state index is 0.226. The number of nitriles is 1. The predicted molar refractivity (Wildman–Crippen MR) is 107 cm³/mol. The lowest BCUT2D eigenvalue weighted by Crippen LogP contribution is -2.40. The van der Waals surface area contributed by atoms with Crippen molar-refractivity contribution in [2.45, 2.75) is 69.6 Å². The van der Waals surface area contributed by atoms with Crippen molar-refractivity contribution in [3.63, 3.8) is 0 Å². The van der Waals surface area contributed by atoms with E-state index in [9.17, 15) is 5.26 Å². The molecule has 3 aliphatic rings. The lowest BCUT2D eigenvalue weighted by molar-refractivity contribution is -0.225. The van der Waals surface area contributed by atoms with Gasteiger partial charge in [-0.1, -0.05) is 6.92 Å². The summed E-state index contributed by atoms with van der Waals surface area (Å²) in [7, 11) is 0. The molecule has 2 unspecified atom stereocenters. The van der Waals surface area contributed by atoms with Gasteiger partial charge in [0.05, 0.1) is 18.9 Å². The first kappa shape index (κ1) is 20.6. The summed E-state index contributed by atoms with van der Waals surface area (Å²) < 4.78 is 32.0. The van der Waals surface area contributed by atoms with Crippen LogP contribution in [0.3, 0.4) is 0 Å². The van der Waals surface area contributed by atoms with Gasteiger partial charge < -0.3 is 29.4 Å². The molecule has 2 aromatic heterocycles. The fourth-order valence-corrected chi connectivity index (χ4v) is 4.66. The van der Waals surface area contributed by atoms with Crippen LogP contribution in [0.4, 0.5) is 5.82 Å². The molecule has 0 spiro atoms. The molecule has 6 atom stereocenters. The molecule has 0 radical (unpaired) electrons. The molecule has 0 saturated carbocycles. The zero-order valence-corrected chi connectivity index (χ0v) is 17.9. The van der Waals surface area contributed by atoms with Crippen LogP contribution in [-0.2, 0) is 29.3 Å². The van der Waals surface area contributed by atoms with Gasteiger partial charge in [0, 0.05) is 0 Å². The van der Waals surface area contributed by atoms with E-state index >= 15 is 0 Å². The van der Waals surface area contributed by atoms with Crippen LogP contribution in [-0.4, -0.2) is 58.2 Å². The van der Waals surface area contributed by atoms with E-state index in [1.54, 1.807) is 16.6 Å². The number of nitrogen functional groups attached to an aromatic ring is 1. The van der Waals surface area contributed by atoms with Crippen molar-refractivity contribution in [3.05, 3.63) is 24.2 Å². The van der Waals surface area contributed by atoms with Crippen LogP contribution >= 0.6 is 0 Å². The first-order valence-corrected chi connectivity index (χ1v) is 10.6. The van der Waals surface area contributed by atoms with Gasteiger partial charge in [0.1, 0.15) is 36.2 Å². The maximum Gasteiger partial charge on any atom is 0.226 e. The molecule has 10 heteroatoms. The van der Waals surface area contributed by atoms with Gasteiger partial charge in [0.25, 0.3) is 0 Å². The molecule has 2 aromatic rings. The molecule has 5 heterocycles. The van der Waals surface area contributed by atoms with Crippen molar-refractivity contribution >= 4 is 11.3 Å². The van der Waals surface area contributed by atoms with Crippen molar-refractivity contribution in [3.8, 4) is 6.07 Å². The SMILES string of the molecule is C[C@@H]1CCC(OC[C@H]2OC(C#N)(c3ccc4c(N)ncnn34)[C@@H]3OC(C)(C)O[C@@H]32)OC1. The smallest absolute Gasteiger partial charge is 0.226 e. The Morgan fingerprint density at radius 3 is 2.87 bits per heavy atom. The Hall–Kier alpha value is -2.29. The van der Waals surface area contributed by atoms with Crippen molar-refractivity contribution in [1.82, 2.24) is 14.6 Å². The normalized spacial score (nSPS) is 37.0. The maximum atomic E-state index is 10.3. The summed E-state index contributed by atoms with van der Waals surface area (Å²) in [6.07, 6.45) is 1.28. The molecular formula is C21H27N5O5. The van der Waals surface area contributed by atoms with Crippen molar-refractivity contribution in [2.75, 3.05) is 18.9 Å². The van der Waals surface area contributed by atoms with E-state index in [1.807, 2.05) is 13.8 Å². The van der Waals surface area contributed by atoms with Crippen LogP contribution in [0.2, 0.25) is 0 Å². The highest BCUT2D eigenvalue weighted by atomic mass is 16.8. The van der Waals surface area contributed by atoms with E-state index < -0.39 is 29.7 Å². The van der Waals surface area contributed by atoms with E-state index in [1.165, 1.54) is 6.33 Å². The molecule has 0 aromatic carbocycles. The Labute approximate surface area is 180 Å². The Morgan fingerprint density at radius 1 is 1.29 bits per heavy atom. The highest BCUT2D eigenvalue weighted by molar-refractivity contribution is 5.66. The van der Waals surface area contributed by atoms with Gasteiger partial charge in [0.2, 0.25) is 5.60 Å². The van der Waals surface area contributed by atoms with Crippen LogP contribution < -0.4 is 5.73 Å². The van der Waals surface area contributed by atoms with Gasteiger partial charge >= 0.3 is 0 Å². The average molecular weight is 429 g/mol. The van der Waals surface area contributed by atoms with Gasteiger partial charge in [0.15, 0.2) is 17.9 Å². The molecule has 2 N–H and O–H groups in total. The summed E-state index contributed by atoms with van der Waals surface area (Å²) in [5.41, 5.74) is 5.65. The van der Waals surface area contributed by atoms with E-state index in [-0.39, 0.29) is 12.9 Å².